The summed E-state index contributed by atoms with van der Waals surface area (Å²) in [6.45, 7) is 0. The lowest BCUT2D eigenvalue weighted by atomic mass is 9.99. The number of methoxy groups -OCH3 is 1. The molecule has 2 aromatic carbocycles. The van der Waals surface area contributed by atoms with Gasteiger partial charge in [0.15, 0.2) is 0 Å². The lowest BCUT2D eigenvalue weighted by molar-refractivity contribution is 0.215. The molecule has 1 unspecified atom stereocenters. The van der Waals surface area contributed by atoms with Crippen molar-refractivity contribution in [1.29, 1.82) is 0 Å². The van der Waals surface area contributed by atoms with E-state index in [1.54, 1.807) is 31.4 Å². The highest BCUT2D eigenvalue weighted by Crippen LogP contribution is 2.38. The minimum atomic E-state index is -1.03. The van der Waals surface area contributed by atoms with Crippen LogP contribution in [0.3, 0.4) is 0 Å². The van der Waals surface area contributed by atoms with Gasteiger partial charge in [-0.1, -0.05) is 12.1 Å². The standard InChI is InChI=1S/C14H15NO4/c1-19-9-4-2-8(3-5-9)13(17)10-6-7-11(16)12(15)14(10)18/h2-7,13,16-18H,15H2,1H3. The number of benzene rings is 2. The molecule has 0 saturated heterocycles. The van der Waals surface area contributed by atoms with E-state index in [-0.39, 0.29) is 22.7 Å². The van der Waals surface area contributed by atoms with E-state index in [1.807, 2.05) is 0 Å². The van der Waals surface area contributed by atoms with Gasteiger partial charge in [0.2, 0.25) is 0 Å². The Morgan fingerprint density at radius 2 is 1.68 bits per heavy atom. The molecule has 0 radical (unpaired) electrons. The molecule has 1 atom stereocenters. The molecule has 0 spiro atoms. The zero-order valence-corrected chi connectivity index (χ0v) is 10.4. The lowest BCUT2D eigenvalue weighted by Crippen LogP contribution is -2.01. The van der Waals surface area contributed by atoms with Crippen LogP contribution in [0, 0.1) is 0 Å². The van der Waals surface area contributed by atoms with Crippen molar-refractivity contribution in [3.8, 4) is 17.2 Å². The summed E-state index contributed by atoms with van der Waals surface area (Å²) in [6, 6.07) is 9.55. The maximum atomic E-state index is 10.2. The van der Waals surface area contributed by atoms with E-state index in [1.165, 1.54) is 12.1 Å². The van der Waals surface area contributed by atoms with Crippen LogP contribution in [0.2, 0.25) is 0 Å². The predicted molar refractivity (Wildman–Crippen MR) is 71.2 cm³/mol. The van der Waals surface area contributed by atoms with Crippen molar-refractivity contribution in [1.82, 2.24) is 0 Å². The number of ether oxygens (including phenoxy) is 1. The topological polar surface area (TPSA) is 95.9 Å². The predicted octanol–water partition coefficient (Wildman–Crippen LogP) is 1.77. The van der Waals surface area contributed by atoms with Crippen LogP contribution in [-0.2, 0) is 0 Å². The fourth-order valence-electron chi connectivity index (χ4n) is 1.80. The van der Waals surface area contributed by atoms with Crippen LogP contribution in [0.1, 0.15) is 17.2 Å². The molecular weight excluding hydrogens is 246 g/mol. The van der Waals surface area contributed by atoms with Gasteiger partial charge in [-0.2, -0.15) is 0 Å². The van der Waals surface area contributed by atoms with Crippen LogP contribution in [0.4, 0.5) is 5.69 Å². The van der Waals surface area contributed by atoms with Gasteiger partial charge in [-0.05, 0) is 29.8 Å². The Hall–Kier alpha value is -2.40. The minimum absolute atomic E-state index is 0.148. The largest absolute Gasteiger partial charge is 0.506 e. The Labute approximate surface area is 110 Å². The molecule has 0 aliphatic rings. The number of hydrogen-bond acceptors (Lipinski definition) is 5. The SMILES string of the molecule is COc1ccc(C(O)c2ccc(O)c(N)c2O)cc1. The summed E-state index contributed by atoms with van der Waals surface area (Å²) >= 11 is 0. The molecule has 0 aliphatic carbocycles. The van der Waals surface area contributed by atoms with Gasteiger partial charge in [0.25, 0.3) is 0 Å². The number of aliphatic hydroxyl groups is 1. The average Bonchev–Trinajstić information content (AvgIpc) is 2.44. The summed E-state index contributed by atoms with van der Waals surface area (Å²) in [5.41, 5.74) is 6.19. The third-order valence-electron chi connectivity index (χ3n) is 2.95. The maximum Gasteiger partial charge on any atom is 0.148 e. The second kappa shape index (κ2) is 5.07. The van der Waals surface area contributed by atoms with Crippen molar-refractivity contribution in [3.05, 3.63) is 47.5 Å². The van der Waals surface area contributed by atoms with E-state index in [2.05, 4.69) is 0 Å². The molecule has 0 heterocycles. The van der Waals surface area contributed by atoms with E-state index < -0.39 is 6.10 Å². The molecular formula is C14H15NO4. The van der Waals surface area contributed by atoms with E-state index in [0.717, 1.165) is 0 Å². The third kappa shape index (κ3) is 2.41. The Balaban J connectivity index is 2.38. The summed E-state index contributed by atoms with van der Waals surface area (Å²) in [5.74, 6) is 0.136. The highest BCUT2D eigenvalue weighted by atomic mass is 16.5. The minimum Gasteiger partial charge on any atom is -0.506 e. The van der Waals surface area contributed by atoms with Crippen molar-refractivity contribution >= 4 is 5.69 Å². The number of nitrogens with two attached hydrogens (primary N) is 1. The molecule has 2 rings (SSSR count). The van der Waals surface area contributed by atoms with Crippen molar-refractivity contribution in [2.45, 2.75) is 6.10 Å². The van der Waals surface area contributed by atoms with Crippen LogP contribution >= 0.6 is 0 Å². The van der Waals surface area contributed by atoms with Crippen molar-refractivity contribution in [3.63, 3.8) is 0 Å². The summed E-state index contributed by atoms with van der Waals surface area (Å²) in [4.78, 5) is 0. The van der Waals surface area contributed by atoms with E-state index in [0.29, 0.717) is 11.3 Å². The van der Waals surface area contributed by atoms with Gasteiger partial charge >= 0.3 is 0 Å². The highest BCUT2D eigenvalue weighted by molar-refractivity contribution is 5.65. The molecule has 0 aromatic heterocycles. The normalized spacial score (nSPS) is 12.1. The molecule has 2 aromatic rings. The fourth-order valence-corrected chi connectivity index (χ4v) is 1.80. The van der Waals surface area contributed by atoms with Crippen molar-refractivity contribution < 1.29 is 20.1 Å². The van der Waals surface area contributed by atoms with Gasteiger partial charge in [0.05, 0.1) is 7.11 Å². The summed E-state index contributed by atoms with van der Waals surface area (Å²) in [7, 11) is 1.55. The van der Waals surface area contributed by atoms with Gasteiger partial charge in [-0.3, -0.25) is 0 Å². The van der Waals surface area contributed by atoms with Gasteiger partial charge < -0.3 is 25.8 Å². The second-order valence-electron chi connectivity index (χ2n) is 4.11. The summed E-state index contributed by atoms with van der Waals surface area (Å²) in [6.07, 6.45) is -1.03. The molecule has 0 amide bonds. The quantitative estimate of drug-likeness (QED) is 0.499. The Bertz CT molecular complexity index is 581. The molecule has 5 N–H and O–H groups in total. The number of rotatable bonds is 3. The van der Waals surface area contributed by atoms with Gasteiger partial charge in [0.1, 0.15) is 29.0 Å². The molecule has 0 saturated carbocycles. The Kier molecular flexibility index (Phi) is 3.48. The smallest absolute Gasteiger partial charge is 0.148 e. The first kappa shape index (κ1) is 13.0. The molecule has 0 bridgehead atoms. The van der Waals surface area contributed by atoms with Crippen LogP contribution in [0.15, 0.2) is 36.4 Å². The first-order valence-corrected chi connectivity index (χ1v) is 5.67. The zero-order chi connectivity index (χ0) is 14.0. The van der Waals surface area contributed by atoms with E-state index in [4.69, 9.17) is 10.5 Å². The maximum absolute atomic E-state index is 10.2. The molecule has 19 heavy (non-hydrogen) atoms. The van der Waals surface area contributed by atoms with Crippen LogP contribution in [-0.4, -0.2) is 22.4 Å². The van der Waals surface area contributed by atoms with Gasteiger partial charge in [-0.25, -0.2) is 0 Å². The number of nitrogen functional groups attached to an aromatic ring is 1. The Morgan fingerprint density at radius 3 is 2.26 bits per heavy atom. The van der Waals surface area contributed by atoms with Crippen LogP contribution in [0.5, 0.6) is 17.2 Å². The molecule has 0 fully saturated rings. The van der Waals surface area contributed by atoms with E-state index in [9.17, 15) is 15.3 Å². The first-order chi connectivity index (χ1) is 9.04. The third-order valence-corrected chi connectivity index (χ3v) is 2.95. The number of hydrogen-bond donors (Lipinski definition) is 4. The molecule has 0 aliphatic heterocycles. The monoisotopic (exact) mass is 261 g/mol. The highest BCUT2D eigenvalue weighted by Gasteiger charge is 2.18. The van der Waals surface area contributed by atoms with E-state index >= 15 is 0 Å². The fraction of sp³-hybridized carbons (Fsp3) is 0.143. The summed E-state index contributed by atoms with van der Waals surface area (Å²) < 4.78 is 5.03. The average molecular weight is 261 g/mol. The zero-order valence-electron chi connectivity index (χ0n) is 10.4. The molecule has 5 heteroatoms. The number of phenolic OH excluding ortho intramolecular Hbond substituents is 2. The van der Waals surface area contributed by atoms with Gasteiger partial charge in [-0.15, -0.1) is 0 Å². The number of aliphatic hydroxyl groups excluding tert-OH is 1. The summed E-state index contributed by atoms with van der Waals surface area (Å²) in [5, 5.41) is 29.4. The molecule has 5 nitrogen and oxygen atoms in total. The van der Waals surface area contributed by atoms with Gasteiger partial charge in [0, 0.05) is 5.56 Å². The van der Waals surface area contributed by atoms with Crippen LogP contribution in [0.25, 0.3) is 0 Å². The number of aromatic hydroxyl groups is 2. The van der Waals surface area contributed by atoms with Crippen molar-refractivity contribution in [2.24, 2.45) is 0 Å². The first-order valence-electron chi connectivity index (χ1n) is 5.67. The lowest BCUT2D eigenvalue weighted by Gasteiger charge is -2.15. The van der Waals surface area contributed by atoms with Crippen molar-refractivity contribution in [2.75, 3.05) is 12.8 Å². The Morgan fingerprint density at radius 1 is 1.05 bits per heavy atom. The second-order valence-corrected chi connectivity index (χ2v) is 4.11. The molecule has 100 valence electrons. The van der Waals surface area contributed by atoms with Crippen LogP contribution < -0.4 is 10.5 Å². The number of phenols is 2. The number of anilines is 1.